The monoisotopic (exact) mass is 248 g/mol. The van der Waals surface area contributed by atoms with Crippen molar-refractivity contribution in [2.75, 3.05) is 6.61 Å². The van der Waals surface area contributed by atoms with Gasteiger partial charge in [0, 0.05) is 6.92 Å². The summed E-state index contributed by atoms with van der Waals surface area (Å²) in [5.74, 6) is -1.37. The van der Waals surface area contributed by atoms with Crippen LogP contribution < -0.4 is 0 Å². The Morgan fingerprint density at radius 1 is 1.25 bits per heavy atom. The van der Waals surface area contributed by atoms with Crippen molar-refractivity contribution in [2.24, 2.45) is 0 Å². The van der Waals surface area contributed by atoms with Gasteiger partial charge in [0.25, 0.3) is 0 Å². The van der Waals surface area contributed by atoms with E-state index in [0.29, 0.717) is 0 Å². The SMILES string of the molecule is CCOC(=O)C(SC(C)OC(C)=O)C(C)=O. The fourth-order valence-electron chi connectivity index (χ4n) is 0.988. The number of ether oxygens (including phenoxy) is 2. The lowest BCUT2D eigenvalue weighted by Crippen LogP contribution is -2.29. The number of Topliss-reactive ketones (excluding diaryl/α,β-unsaturated/α-hetero) is 1. The molecular formula is C10H16O5S. The highest BCUT2D eigenvalue weighted by molar-refractivity contribution is 8.01. The molecule has 0 rings (SSSR count). The highest BCUT2D eigenvalue weighted by Gasteiger charge is 2.28. The van der Waals surface area contributed by atoms with Crippen LogP contribution in [0.2, 0.25) is 0 Å². The van der Waals surface area contributed by atoms with Crippen LogP contribution in [-0.2, 0) is 23.9 Å². The minimum absolute atomic E-state index is 0.213. The van der Waals surface area contributed by atoms with Crippen molar-refractivity contribution < 1.29 is 23.9 Å². The normalized spacial score (nSPS) is 13.8. The molecule has 0 spiro atoms. The number of carbonyl (C=O) groups is 3. The van der Waals surface area contributed by atoms with E-state index in [4.69, 9.17) is 9.47 Å². The summed E-state index contributed by atoms with van der Waals surface area (Å²) in [6.07, 6.45) is 0. The molecule has 0 fully saturated rings. The van der Waals surface area contributed by atoms with Crippen LogP contribution in [-0.4, -0.2) is 35.0 Å². The van der Waals surface area contributed by atoms with Gasteiger partial charge in [0.2, 0.25) is 0 Å². The van der Waals surface area contributed by atoms with Crippen LogP contribution >= 0.6 is 11.8 Å². The van der Waals surface area contributed by atoms with Gasteiger partial charge in [-0.05, 0) is 20.8 Å². The van der Waals surface area contributed by atoms with Gasteiger partial charge in [-0.15, -0.1) is 0 Å². The first kappa shape index (κ1) is 15.0. The van der Waals surface area contributed by atoms with E-state index in [-0.39, 0.29) is 12.4 Å². The van der Waals surface area contributed by atoms with Gasteiger partial charge in [0.05, 0.1) is 6.61 Å². The molecule has 0 heterocycles. The first-order valence-electron chi connectivity index (χ1n) is 4.88. The highest BCUT2D eigenvalue weighted by atomic mass is 32.2. The molecule has 6 heteroatoms. The first-order valence-corrected chi connectivity index (χ1v) is 5.82. The summed E-state index contributed by atoms with van der Waals surface area (Å²) in [7, 11) is 0. The van der Waals surface area contributed by atoms with E-state index in [2.05, 4.69) is 0 Å². The minimum atomic E-state index is -0.936. The Morgan fingerprint density at radius 2 is 1.81 bits per heavy atom. The molecule has 16 heavy (non-hydrogen) atoms. The zero-order valence-corrected chi connectivity index (χ0v) is 10.6. The van der Waals surface area contributed by atoms with E-state index in [1.54, 1.807) is 13.8 Å². The van der Waals surface area contributed by atoms with Crippen molar-refractivity contribution in [2.45, 2.75) is 38.4 Å². The van der Waals surface area contributed by atoms with Crippen molar-refractivity contribution in [3.05, 3.63) is 0 Å². The van der Waals surface area contributed by atoms with E-state index in [9.17, 15) is 14.4 Å². The number of carbonyl (C=O) groups excluding carboxylic acids is 3. The maximum absolute atomic E-state index is 11.4. The summed E-state index contributed by atoms with van der Waals surface area (Å²) < 4.78 is 9.57. The number of hydrogen-bond acceptors (Lipinski definition) is 6. The number of thioether (sulfide) groups is 1. The molecule has 0 amide bonds. The second-order valence-corrected chi connectivity index (χ2v) is 4.46. The average molecular weight is 248 g/mol. The lowest BCUT2D eigenvalue weighted by atomic mass is 10.3. The van der Waals surface area contributed by atoms with Crippen LogP contribution in [0, 0.1) is 0 Å². The molecule has 0 aliphatic carbocycles. The van der Waals surface area contributed by atoms with Crippen LogP contribution in [0.5, 0.6) is 0 Å². The van der Waals surface area contributed by atoms with Crippen molar-refractivity contribution in [3.63, 3.8) is 0 Å². The Morgan fingerprint density at radius 3 is 2.19 bits per heavy atom. The van der Waals surface area contributed by atoms with Gasteiger partial charge >= 0.3 is 11.9 Å². The molecule has 2 atom stereocenters. The fraction of sp³-hybridized carbons (Fsp3) is 0.700. The topological polar surface area (TPSA) is 69.7 Å². The molecule has 92 valence electrons. The molecule has 0 aliphatic heterocycles. The van der Waals surface area contributed by atoms with Crippen LogP contribution in [0.4, 0.5) is 0 Å². The van der Waals surface area contributed by atoms with E-state index in [0.717, 1.165) is 11.8 Å². The summed E-state index contributed by atoms with van der Waals surface area (Å²) in [5.41, 5.74) is -0.559. The van der Waals surface area contributed by atoms with Gasteiger partial charge in [-0.25, -0.2) is 0 Å². The third-order valence-corrected chi connectivity index (χ3v) is 2.81. The first-order chi connectivity index (χ1) is 7.38. The largest absolute Gasteiger partial charge is 0.465 e. The van der Waals surface area contributed by atoms with Crippen molar-refractivity contribution in [1.29, 1.82) is 0 Å². The van der Waals surface area contributed by atoms with Crippen molar-refractivity contribution in [3.8, 4) is 0 Å². The van der Waals surface area contributed by atoms with E-state index < -0.39 is 22.6 Å². The van der Waals surface area contributed by atoms with E-state index >= 15 is 0 Å². The summed E-state index contributed by atoms with van der Waals surface area (Å²) in [6.45, 7) is 6.04. The molecule has 0 aromatic heterocycles. The minimum Gasteiger partial charge on any atom is -0.465 e. The van der Waals surface area contributed by atoms with E-state index in [1.807, 2.05) is 0 Å². The zero-order chi connectivity index (χ0) is 12.7. The molecule has 0 aliphatic rings. The van der Waals surface area contributed by atoms with Gasteiger partial charge in [-0.2, -0.15) is 0 Å². The van der Waals surface area contributed by atoms with Gasteiger partial charge in [0.1, 0.15) is 5.44 Å². The highest BCUT2D eigenvalue weighted by Crippen LogP contribution is 2.21. The number of hydrogen-bond donors (Lipinski definition) is 0. The smallest absolute Gasteiger partial charge is 0.326 e. The van der Waals surface area contributed by atoms with Gasteiger partial charge in [0.15, 0.2) is 11.0 Å². The zero-order valence-electron chi connectivity index (χ0n) is 9.81. The second-order valence-electron chi connectivity index (χ2n) is 3.06. The maximum atomic E-state index is 11.4. The van der Waals surface area contributed by atoms with Gasteiger partial charge in [-0.3, -0.25) is 14.4 Å². The predicted octanol–water partition coefficient (Wildman–Crippen LogP) is 1.15. The lowest BCUT2D eigenvalue weighted by molar-refractivity contribution is -0.145. The summed E-state index contributed by atoms with van der Waals surface area (Å²) in [5, 5.41) is -0.936. The quantitative estimate of drug-likeness (QED) is 0.399. The second kappa shape index (κ2) is 7.27. The standard InChI is InChI=1S/C10H16O5S/c1-5-14-10(13)9(6(2)11)16-8(4)15-7(3)12/h8-9H,5H2,1-4H3. The predicted molar refractivity (Wildman–Crippen MR) is 59.9 cm³/mol. The van der Waals surface area contributed by atoms with Crippen LogP contribution in [0.25, 0.3) is 0 Å². The summed E-state index contributed by atoms with van der Waals surface area (Å²) in [6, 6.07) is 0. The molecular weight excluding hydrogens is 232 g/mol. The molecule has 0 saturated carbocycles. The molecule has 0 radical (unpaired) electrons. The summed E-state index contributed by atoms with van der Waals surface area (Å²) in [4.78, 5) is 33.3. The van der Waals surface area contributed by atoms with E-state index in [1.165, 1.54) is 13.8 Å². The average Bonchev–Trinajstić information content (AvgIpc) is 2.12. The molecule has 0 aromatic carbocycles. The van der Waals surface area contributed by atoms with Crippen LogP contribution in [0.15, 0.2) is 0 Å². The number of ketones is 1. The molecule has 0 aromatic rings. The molecule has 5 nitrogen and oxygen atoms in total. The number of esters is 2. The van der Waals surface area contributed by atoms with Crippen molar-refractivity contribution in [1.82, 2.24) is 0 Å². The number of rotatable bonds is 6. The Kier molecular flexibility index (Phi) is 6.80. The van der Waals surface area contributed by atoms with Gasteiger partial charge < -0.3 is 9.47 Å². The molecule has 0 bridgehead atoms. The molecule has 0 saturated heterocycles. The Labute approximate surface area is 98.9 Å². The lowest BCUT2D eigenvalue weighted by Gasteiger charge is -2.16. The fourth-order valence-corrected chi connectivity index (χ4v) is 1.93. The Hall–Kier alpha value is -1.04. The maximum Gasteiger partial charge on any atom is 0.326 e. The van der Waals surface area contributed by atoms with Crippen LogP contribution in [0.1, 0.15) is 27.7 Å². The third-order valence-electron chi connectivity index (χ3n) is 1.53. The molecule has 2 unspecified atom stereocenters. The molecule has 0 N–H and O–H groups in total. The Bertz CT molecular complexity index is 276. The van der Waals surface area contributed by atoms with Crippen LogP contribution in [0.3, 0.4) is 0 Å². The van der Waals surface area contributed by atoms with Crippen molar-refractivity contribution >= 4 is 29.5 Å². The third kappa shape index (κ3) is 5.75. The summed E-state index contributed by atoms with van der Waals surface area (Å²) >= 11 is 0.962. The van der Waals surface area contributed by atoms with Gasteiger partial charge in [-0.1, -0.05) is 11.8 Å². The Balaban J connectivity index is 4.39.